The summed E-state index contributed by atoms with van der Waals surface area (Å²) in [6, 6.07) is 11.8. The molecule has 1 saturated heterocycles. The van der Waals surface area contributed by atoms with Crippen LogP contribution in [0.5, 0.6) is 5.75 Å². The van der Waals surface area contributed by atoms with Crippen molar-refractivity contribution in [2.24, 2.45) is 0 Å². The monoisotopic (exact) mass is 390 g/mol. The zero-order chi connectivity index (χ0) is 19.6. The zero-order valence-electron chi connectivity index (χ0n) is 15.1. The highest BCUT2D eigenvalue weighted by atomic mass is 35.5. The number of halogens is 2. The van der Waals surface area contributed by atoms with Gasteiger partial charge in [0.2, 0.25) is 0 Å². The minimum absolute atomic E-state index is 0.0714. The lowest BCUT2D eigenvalue weighted by molar-refractivity contribution is -0.121. The number of hydrogen-bond donors (Lipinski definition) is 1. The molecule has 27 heavy (non-hydrogen) atoms. The molecule has 1 N–H and O–H groups in total. The summed E-state index contributed by atoms with van der Waals surface area (Å²) >= 11 is 5.98. The first-order chi connectivity index (χ1) is 12.8. The second-order valence-electron chi connectivity index (χ2n) is 6.71. The van der Waals surface area contributed by atoms with Crippen LogP contribution in [0, 0.1) is 6.92 Å². The highest BCUT2D eigenvalue weighted by Gasteiger charge is 2.48. The fraction of sp³-hybridized carbons (Fsp3) is 0.300. The first-order valence-electron chi connectivity index (χ1n) is 8.54. The number of hydrogen-bond acceptors (Lipinski definition) is 3. The molecule has 0 aliphatic carbocycles. The van der Waals surface area contributed by atoms with E-state index < -0.39 is 24.2 Å². The van der Waals surface area contributed by atoms with E-state index in [0.29, 0.717) is 23.1 Å². The van der Waals surface area contributed by atoms with Crippen LogP contribution in [-0.4, -0.2) is 24.2 Å². The smallest absolute Gasteiger partial charge is 0.329 e. The number of ether oxygens (including phenoxy) is 1. The van der Waals surface area contributed by atoms with Gasteiger partial charge in [0.25, 0.3) is 5.91 Å². The normalized spacial score (nSPS) is 19.3. The highest BCUT2D eigenvalue weighted by molar-refractivity contribution is 6.30. The van der Waals surface area contributed by atoms with Crippen LogP contribution in [0.25, 0.3) is 0 Å². The first kappa shape index (κ1) is 19.2. The Morgan fingerprint density at radius 3 is 2.70 bits per heavy atom. The molecule has 3 rings (SSSR count). The minimum Gasteiger partial charge on any atom is -0.489 e. The number of nitrogens with zero attached hydrogens (tertiary/aromatic N) is 1. The number of amides is 3. The second kappa shape index (κ2) is 7.56. The number of urea groups is 1. The van der Waals surface area contributed by atoms with Gasteiger partial charge in [-0.2, -0.15) is 0 Å². The van der Waals surface area contributed by atoms with Crippen molar-refractivity contribution in [2.75, 3.05) is 11.6 Å². The van der Waals surface area contributed by atoms with Crippen LogP contribution in [0.3, 0.4) is 0 Å². The van der Waals surface area contributed by atoms with Gasteiger partial charge < -0.3 is 10.1 Å². The summed E-state index contributed by atoms with van der Waals surface area (Å²) in [5.41, 5.74) is 0.905. The van der Waals surface area contributed by atoms with Crippen molar-refractivity contribution in [3.05, 3.63) is 58.6 Å². The van der Waals surface area contributed by atoms with Gasteiger partial charge >= 0.3 is 6.03 Å². The molecule has 0 saturated carbocycles. The minimum atomic E-state index is -1.24. The Kier molecular flexibility index (Phi) is 5.37. The maximum absolute atomic E-state index is 12.8. The van der Waals surface area contributed by atoms with Gasteiger partial charge in [-0.3, -0.25) is 9.18 Å². The van der Waals surface area contributed by atoms with E-state index in [1.165, 1.54) is 6.92 Å². The summed E-state index contributed by atoms with van der Waals surface area (Å²) in [6.45, 7) is 3.00. The number of rotatable bonds is 6. The zero-order valence-corrected chi connectivity index (χ0v) is 15.8. The molecule has 2 aromatic rings. The Hall–Kier alpha value is -2.60. The van der Waals surface area contributed by atoms with E-state index in [-0.39, 0.29) is 6.42 Å². The van der Waals surface area contributed by atoms with Crippen molar-refractivity contribution in [1.82, 2.24) is 5.32 Å². The molecule has 0 radical (unpaired) electrons. The van der Waals surface area contributed by atoms with Crippen molar-refractivity contribution in [2.45, 2.75) is 32.4 Å². The van der Waals surface area contributed by atoms with E-state index in [1.807, 2.05) is 19.1 Å². The third-order valence-corrected chi connectivity index (χ3v) is 4.80. The fourth-order valence-electron chi connectivity index (χ4n) is 2.95. The van der Waals surface area contributed by atoms with E-state index in [9.17, 15) is 14.0 Å². The summed E-state index contributed by atoms with van der Waals surface area (Å²) in [4.78, 5) is 26.0. The molecule has 2 aromatic carbocycles. The van der Waals surface area contributed by atoms with Gasteiger partial charge in [-0.25, -0.2) is 9.69 Å². The number of carbonyl (C=O) groups is 2. The summed E-state index contributed by atoms with van der Waals surface area (Å²) in [5.74, 6) is 0.0713. The number of carbonyl (C=O) groups excluding carboxylic acids is 2. The van der Waals surface area contributed by atoms with Crippen molar-refractivity contribution in [3.63, 3.8) is 0 Å². The molecule has 1 atom stereocenters. The molecule has 0 aromatic heterocycles. The van der Waals surface area contributed by atoms with Crippen molar-refractivity contribution < 1.29 is 18.7 Å². The lowest BCUT2D eigenvalue weighted by Crippen LogP contribution is -2.44. The Morgan fingerprint density at radius 2 is 2.00 bits per heavy atom. The number of alkyl halides is 1. The quantitative estimate of drug-likeness (QED) is 0.743. The molecule has 7 heteroatoms. The van der Waals surface area contributed by atoms with Gasteiger partial charge in [0.15, 0.2) is 0 Å². The van der Waals surface area contributed by atoms with Crippen LogP contribution in [0.2, 0.25) is 5.02 Å². The van der Waals surface area contributed by atoms with Crippen LogP contribution in [-0.2, 0) is 11.4 Å². The van der Waals surface area contributed by atoms with Gasteiger partial charge in [0.1, 0.15) is 17.9 Å². The number of nitrogens with one attached hydrogen (secondary N) is 1. The molecular weight excluding hydrogens is 371 g/mol. The standard InChI is InChI=1S/C20H20ClFN2O3/c1-13-6-7-16(24-18(25)20(2,8-9-22)23-19(24)26)11-17(13)27-12-14-4-3-5-15(21)10-14/h3-7,10-11H,8-9,12H2,1-2H3,(H,23,26). The van der Waals surface area contributed by atoms with Gasteiger partial charge in [-0.15, -0.1) is 0 Å². The van der Waals surface area contributed by atoms with Gasteiger partial charge in [-0.05, 0) is 43.2 Å². The molecule has 1 unspecified atom stereocenters. The summed E-state index contributed by atoms with van der Waals surface area (Å²) in [7, 11) is 0. The fourth-order valence-corrected chi connectivity index (χ4v) is 3.16. The molecule has 5 nitrogen and oxygen atoms in total. The van der Waals surface area contributed by atoms with E-state index >= 15 is 0 Å². The van der Waals surface area contributed by atoms with Crippen LogP contribution in [0.1, 0.15) is 24.5 Å². The Bertz CT molecular complexity index is 889. The number of aryl methyl sites for hydroxylation is 1. The third-order valence-electron chi connectivity index (χ3n) is 4.57. The van der Waals surface area contributed by atoms with Gasteiger partial charge in [0.05, 0.1) is 12.4 Å². The van der Waals surface area contributed by atoms with Crippen molar-refractivity contribution >= 4 is 29.2 Å². The lowest BCUT2D eigenvalue weighted by Gasteiger charge is -2.20. The molecular formula is C20H20ClFN2O3. The Balaban J connectivity index is 1.83. The third kappa shape index (κ3) is 3.90. The molecule has 1 aliphatic heterocycles. The topological polar surface area (TPSA) is 58.6 Å². The SMILES string of the molecule is Cc1ccc(N2C(=O)NC(C)(CCF)C2=O)cc1OCc1cccc(Cl)c1. The van der Waals surface area contributed by atoms with E-state index in [2.05, 4.69) is 5.32 Å². The summed E-state index contributed by atoms with van der Waals surface area (Å²) < 4.78 is 18.6. The van der Waals surface area contributed by atoms with Gasteiger partial charge in [-0.1, -0.05) is 29.8 Å². The van der Waals surface area contributed by atoms with Crippen molar-refractivity contribution in [1.29, 1.82) is 0 Å². The largest absolute Gasteiger partial charge is 0.489 e. The number of imide groups is 1. The maximum atomic E-state index is 12.8. The van der Waals surface area contributed by atoms with Crippen molar-refractivity contribution in [3.8, 4) is 5.75 Å². The number of anilines is 1. The molecule has 3 amide bonds. The van der Waals surface area contributed by atoms with Crippen LogP contribution in [0.15, 0.2) is 42.5 Å². The summed E-state index contributed by atoms with van der Waals surface area (Å²) in [6.07, 6.45) is -0.0714. The van der Waals surface area contributed by atoms with E-state index in [0.717, 1.165) is 16.0 Å². The van der Waals surface area contributed by atoms with Crippen LogP contribution >= 0.6 is 11.6 Å². The Morgan fingerprint density at radius 1 is 1.22 bits per heavy atom. The molecule has 142 valence electrons. The number of benzene rings is 2. The molecule has 1 fully saturated rings. The molecule has 0 bridgehead atoms. The lowest BCUT2D eigenvalue weighted by atomic mass is 9.99. The van der Waals surface area contributed by atoms with Crippen LogP contribution < -0.4 is 15.0 Å². The molecule has 1 heterocycles. The summed E-state index contributed by atoms with van der Waals surface area (Å²) in [5, 5.41) is 3.19. The second-order valence-corrected chi connectivity index (χ2v) is 7.15. The maximum Gasteiger partial charge on any atom is 0.329 e. The molecule has 0 spiro atoms. The average molecular weight is 391 g/mol. The van der Waals surface area contributed by atoms with E-state index in [1.54, 1.807) is 30.3 Å². The predicted octanol–water partition coefficient (Wildman–Crippen LogP) is 4.40. The first-order valence-corrected chi connectivity index (χ1v) is 8.92. The average Bonchev–Trinajstić information content (AvgIpc) is 2.84. The van der Waals surface area contributed by atoms with Gasteiger partial charge in [0, 0.05) is 17.5 Å². The molecule has 1 aliphatic rings. The highest BCUT2D eigenvalue weighted by Crippen LogP contribution is 2.31. The van der Waals surface area contributed by atoms with Crippen LogP contribution in [0.4, 0.5) is 14.9 Å². The Labute approximate surface area is 162 Å². The van der Waals surface area contributed by atoms with E-state index in [4.69, 9.17) is 16.3 Å². The predicted molar refractivity (Wildman–Crippen MR) is 102 cm³/mol.